The molecule has 2 unspecified atom stereocenters. The van der Waals surface area contributed by atoms with E-state index in [4.69, 9.17) is 25.2 Å². The zero-order valence-corrected chi connectivity index (χ0v) is 20.2. The van der Waals surface area contributed by atoms with Gasteiger partial charge in [0, 0.05) is 9.77 Å². The third-order valence-electron chi connectivity index (χ3n) is 4.02. The van der Waals surface area contributed by atoms with E-state index in [2.05, 4.69) is 23.1 Å². The van der Waals surface area contributed by atoms with Crippen LogP contribution in [0.25, 0.3) is 11.0 Å². The summed E-state index contributed by atoms with van der Waals surface area (Å²) < 4.78 is 52.9. The number of ether oxygens (including phenoxy) is 1. The Morgan fingerprint density at radius 3 is 2.38 bits per heavy atom. The van der Waals surface area contributed by atoms with Crippen LogP contribution in [-0.4, -0.2) is 69.2 Å². The number of hydrogen-bond donors (Lipinski definition) is 7. The first-order valence-electron chi connectivity index (χ1n) is 8.17. The molecule has 2 aromatic heterocycles. The van der Waals surface area contributed by atoms with Crippen molar-refractivity contribution >= 4 is 62.9 Å². The van der Waals surface area contributed by atoms with Crippen LogP contribution in [0.5, 0.6) is 0 Å². The number of rotatable bonds is 8. The zero-order valence-electron chi connectivity index (χ0n) is 15.4. The number of fused-ring (bicyclic) bond motifs is 1. The van der Waals surface area contributed by atoms with Gasteiger partial charge in [-0.3, -0.25) is 4.52 Å². The van der Waals surface area contributed by atoms with Crippen LogP contribution in [-0.2, 0) is 31.6 Å². The van der Waals surface area contributed by atoms with Crippen molar-refractivity contribution in [3.63, 3.8) is 0 Å². The summed E-state index contributed by atoms with van der Waals surface area (Å²) in [5.74, 6) is 0.162. The van der Waals surface area contributed by atoms with Gasteiger partial charge in [0.15, 0.2) is 6.23 Å². The Bertz CT molecular complexity index is 1160. The maximum absolute atomic E-state index is 11.8. The standard InChI is InChI=1S/C11H16IN4O13P3/c12-4-1-16(10-6(4)9(13)14-3-15-10)11-8(18)7(17)5(27-11)2-26-31(22,23)29-32(24,25)28-30(19,20)21/h1,3,5,7-8,11,17-18H,2H2,(H,22,23)(H,24,25)(H2,13,14,15)(H2,19,20,21)/t5-,7-,8-,11-/m1/s1. The molecule has 0 saturated carbocycles. The Morgan fingerprint density at radius 1 is 1.09 bits per heavy atom. The highest BCUT2D eigenvalue weighted by Crippen LogP contribution is 2.66. The van der Waals surface area contributed by atoms with Crippen LogP contribution in [0.3, 0.4) is 0 Å². The third kappa shape index (κ3) is 5.92. The fraction of sp³-hybridized carbons (Fsp3) is 0.455. The van der Waals surface area contributed by atoms with Crippen molar-refractivity contribution in [2.24, 2.45) is 0 Å². The molecule has 8 N–H and O–H groups in total. The van der Waals surface area contributed by atoms with Crippen molar-refractivity contribution in [2.45, 2.75) is 24.5 Å². The summed E-state index contributed by atoms with van der Waals surface area (Å²) in [7, 11) is -16.7. The lowest BCUT2D eigenvalue weighted by Crippen LogP contribution is -2.33. The monoisotopic (exact) mass is 632 g/mol. The molecule has 3 heterocycles. The van der Waals surface area contributed by atoms with E-state index in [1.807, 2.05) is 22.6 Å². The lowest BCUT2D eigenvalue weighted by atomic mass is 10.1. The van der Waals surface area contributed by atoms with Crippen molar-refractivity contribution in [1.82, 2.24) is 14.5 Å². The molecule has 1 fully saturated rings. The van der Waals surface area contributed by atoms with E-state index in [1.54, 1.807) is 0 Å². The molecule has 2 aromatic rings. The van der Waals surface area contributed by atoms with Gasteiger partial charge in [-0.2, -0.15) is 8.62 Å². The minimum Gasteiger partial charge on any atom is -0.387 e. The van der Waals surface area contributed by atoms with Crippen LogP contribution in [0, 0.1) is 3.57 Å². The number of nitrogen functional groups attached to an aromatic ring is 1. The average molecular weight is 632 g/mol. The predicted molar refractivity (Wildman–Crippen MR) is 110 cm³/mol. The zero-order chi connectivity index (χ0) is 24.1. The number of nitrogens with zero attached hydrogens (tertiary/aromatic N) is 3. The van der Waals surface area contributed by atoms with Gasteiger partial charge in [0.25, 0.3) is 0 Å². The van der Waals surface area contributed by atoms with E-state index in [9.17, 15) is 28.8 Å². The maximum Gasteiger partial charge on any atom is 0.490 e. The minimum atomic E-state index is -5.70. The fourth-order valence-corrected chi connectivity index (χ4v) is 6.67. The Hall–Kier alpha value is -0.560. The van der Waals surface area contributed by atoms with Crippen molar-refractivity contribution in [2.75, 3.05) is 12.3 Å². The van der Waals surface area contributed by atoms with E-state index in [0.717, 1.165) is 0 Å². The van der Waals surface area contributed by atoms with Crippen LogP contribution >= 0.6 is 46.1 Å². The first-order chi connectivity index (χ1) is 14.6. The average Bonchev–Trinajstić information content (AvgIpc) is 3.09. The number of anilines is 1. The van der Waals surface area contributed by atoms with Crippen molar-refractivity contribution < 1.29 is 61.4 Å². The van der Waals surface area contributed by atoms with Gasteiger partial charge in [-0.25, -0.2) is 23.7 Å². The number of phosphoric acid groups is 3. The number of nitrogens with two attached hydrogens (primary N) is 1. The first-order valence-corrected chi connectivity index (χ1v) is 13.8. The lowest BCUT2D eigenvalue weighted by Gasteiger charge is -2.19. The smallest absolute Gasteiger partial charge is 0.387 e. The molecule has 3 rings (SSSR count). The Morgan fingerprint density at radius 2 is 1.75 bits per heavy atom. The summed E-state index contributed by atoms with van der Waals surface area (Å²) in [6.45, 7) is -0.939. The van der Waals surface area contributed by atoms with Crippen molar-refractivity contribution in [1.29, 1.82) is 0 Å². The molecule has 0 aliphatic carbocycles. The molecule has 0 aromatic carbocycles. The van der Waals surface area contributed by atoms with E-state index in [1.165, 1.54) is 17.1 Å². The summed E-state index contributed by atoms with van der Waals surface area (Å²) in [5, 5.41) is 21.1. The Labute approximate surface area is 191 Å². The number of halogens is 1. The van der Waals surface area contributed by atoms with E-state index < -0.39 is 54.6 Å². The molecule has 0 spiro atoms. The number of aromatic nitrogens is 3. The van der Waals surface area contributed by atoms with E-state index in [-0.39, 0.29) is 11.5 Å². The van der Waals surface area contributed by atoms with Crippen LogP contribution < -0.4 is 5.73 Å². The molecular formula is C11H16IN4O13P3. The molecule has 0 bridgehead atoms. The van der Waals surface area contributed by atoms with Crippen LogP contribution in [0.1, 0.15) is 6.23 Å². The molecule has 17 nitrogen and oxygen atoms in total. The maximum atomic E-state index is 11.8. The second-order valence-corrected chi connectivity index (χ2v) is 11.9. The highest BCUT2D eigenvalue weighted by atomic mass is 127. The first kappa shape index (κ1) is 26.1. The molecule has 1 saturated heterocycles. The summed E-state index contributed by atoms with van der Waals surface area (Å²) in [6, 6.07) is 0. The SMILES string of the molecule is Nc1ncnc2c1c(I)cn2[C@@H]1O[C@H](COP(=O)(O)OP(=O)(O)OP(=O)(O)O)[C@@H](O)[C@H]1O. The van der Waals surface area contributed by atoms with Crippen LogP contribution in [0.15, 0.2) is 12.5 Å². The fourth-order valence-electron chi connectivity index (χ4n) is 2.82. The normalized spacial score (nSPS) is 28.0. The highest BCUT2D eigenvalue weighted by molar-refractivity contribution is 14.1. The van der Waals surface area contributed by atoms with Crippen LogP contribution in [0.2, 0.25) is 0 Å². The van der Waals surface area contributed by atoms with Crippen molar-refractivity contribution in [3.8, 4) is 0 Å². The summed E-state index contributed by atoms with van der Waals surface area (Å²) in [5.41, 5.74) is 6.10. The molecule has 180 valence electrons. The van der Waals surface area contributed by atoms with Gasteiger partial charge in [0.05, 0.1) is 12.0 Å². The number of aliphatic hydroxyl groups excluding tert-OH is 2. The number of phosphoric ester groups is 1. The predicted octanol–water partition coefficient (Wildman–Crippen LogP) is -0.419. The van der Waals surface area contributed by atoms with Gasteiger partial charge >= 0.3 is 23.5 Å². The third-order valence-corrected chi connectivity index (χ3v) is 8.64. The van der Waals surface area contributed by atoms with Gasteiger partial charge in [-0.05, 0) is 22.6 Å². The summed E-state index contributed by atoms with van der Waals surface area (Å²) in [4.78, 5) is 43.6. The molecule has 6 atom stereocenters. The summed E-state index contributed by atoms with van der Waals surface area (Å²) in [6.07, 6.45) is -3.20. The lowest BCUT2D eigenvalue weighted by molar-refractivity contribution is -0.0501. The van der Waals surface area contributed by atoms with Gasteiger partial charge in [0.2, 0.25) is 0 Å². The topological polar surface area (TPSA) is 266 Å². The van der Waals surface area contributed by atoms with E-state index in [0.29, 0.717) is 8.96 Å². The quantitative estimate of drug-likeness (QED) is 0.144. The molecule has 21 heteroatoms. The second-order valence-electron chi connectivity index (χ2n) is 6.27. The molecular weight excluding hydrogens is 616 g/mol. The van der Waals surface area contributed by atoms with Crippen LogP contribution in [0.4, 0.5) is 5.82 Å². The van der Waals surface area contributed by atoms with Gasteiger partial charge in [-0.1, -0.05) is 0 Å². The largest absolute Gasteiger partial charge is 0.490 e. The highest BCUT2D eigenvalue weighted by Gasteiger charge is 2.47. The molecule has 1 aliphatic rings. The molecule has 0 amide bonds. The minimum absolute atomic E-state index is 0.162. The molecule has 32 heavy (non-hydrogen) atoms. The van der Waals surface area contributed by atoms with Gasteiger partial charge in [-0.15, -0.1) is 0 Å². The van der Waals surface area contributed by atoms with Crippen molar-refractivity contribution in [3.05, 3.63) is 16.1 Å². The summed E-state index contributed by atoms with van der Waals surface area (Å²) >= 11 is 1.95. The number of hydrogen-bond acceptors (Lipinski definition) is 12. The Balaban J connectivity index is 1.73. The molecule has 0 radical (unpaired) electrons. The Kier molecular flexibility index (Phi) is 7.52. The second kappa shape index (κ2) is 9.24. The molecule has 1 aliphatic heterocycles. The number of aliphatic hydroxyl groups is 2. The van der Waals surface area contributed by atoms with Gasteiger partial charge in [0.1, 0.15) is 36.1 Å². The van der Waals surface area contributed by atoms with E-state index >= 15 is 0 Å². The van der Waals surface area contributed by atoms with Gasteiger partial charge < -0.3 is 44.8 Å².